The Morgan fingerprint density at radius 1 is 0.900 bits per heavy atom. The minimum Gasteiger partial charge on any atom is -0.387 e. The third-order valence-electron chi connectivity index (χ3n) is 3.75. The fourth-order valence-corrected chi connectivity index (χ4v) is 2.30. The molecule has 0 unspecified atom stereocenters. The van der Waals surface area contributed by atoms with Crippen molar-refractivity contribution in [2.75, 3.05) is 0 Å². The van der Waals surface area contributed by atoms with Crippen LogP contribution in [-0.4, -0.2) is 17.3 Å². The van der Waals surface area contributed by atoms with E-state index < -0.39 is 12.1 Å². The molecule has 0 amide bonds. The van der Waals surface area contributed by atoms with Gasteiger partial charge in [0, 0.05) is 6.04 Å². The van der Waals surface area contributed by atoms with Crippen LogP contribution in [0.3, 0.4) is 0 Å². The quantitative estimate of drug-likeness (QED) is 0.356. The zero-order valence-corrected chi connectivity index (χ0v) is 13.5. The van der Waals surface area contributed by atoms with Gasteiger partial charge in [-0.1, -0.05) is 83.3 Å². The molecule has 0 rings (SSSR count). The lowest BCUT2D eigenvalue weighted by molar-refractivity contribution is 0.207. The average molecular weight is 282 g/mol. The maximum Gasteiger partial charge on any atom is 0.0871 e. The number of hydrogen-bond donors (Lipinski definition) is 2. The van der Waals surface area contributed by atoms with E-state index in [2.05, 4.69) is 13.8 Å². The fourth-order valence-electron chi connectivity index (χ4n) is 2.30. The van der Waals surface area contributed by atoms with Crippen molar-refractivity contribution in [3.8, 4) is 0 Å². The van der Waals surface area contributed by atoms with Crippen LogP contribution < -0.4 is 5.73 Å². The van der Waals surface area contributed by atoms with E-state index in [9.17, 15) is 5.11 Å². The monoisotopic (exact) mass is 282 g/mol. The molecule has 1 radical (unpaired) electrons. The van der Waals surface area contributed by atoms with Crippen molar-refractivity contribution in [1.82, 2.24) is 0 Å². The summed E-state index contributed by atoms with van der Waals surface area (Å²) in [6, 6.07) is -0.413. The number of aliphatic hydroxyl groups excluding tert-OH is 1. The molecule has 0 aliphatic carbocycles. The van der Waals surface area contributed by atoms with Gasteiger partial charge in [0.2, 0.25) is 0 Å². The van der Waals surface area contributed by atoms with Crippen molar-refractivity contribution in [2.45, 2.75) is 96.1 Å². The highest BCUT2D eigenvalue weighted by Gasteiger charge is 2.03. The zero-order chi connectivity index (χ0) is 15.1. The first-order chi connectivity index (χ1) is 9.68. The average Bonchev–Trinajstić information content (AvgIpc) is 2.43. The molecule has 20 heavy (non-hydrogen) atoms. The molecule has 0 spiro atoms. The van der Waals surface area contributed by atoms with Gasteiger partial charge in [0.25, 0.3) is 0 Å². The molecule has 0 saturated heterocycles. The van der Waals surface area contributed by atoms with Crippen LogP contribution >= 0.6 is 0 Å². The lowest BCUT2D eigenvalue weighted by atomic mass is 10.0. The molecule has 3 N–H and O–H groups in total. The summed E-state index contributed by atoms with van der Waals surface area (Å²) in [5, 5.41) is 9.43. The topological polar surface area (TPSA) is 46.2 Å². The van der Waals surface area contributed by atoms with Crippen LogP contribution in [0.25, 0.3) is 0 Å². The smallest absolute Gasteiger partial charge is 0.0871 e. The molecule has 119 valence electrons. The van der Waals surface area contributed by atoms with Crippen LogP contribution in [0.15, 0.2) is 12.2 Å². The molecular weight excluding hydrogens is 246 g/mol. The summed E-state index contributed by atoms with van der Waals surface area (Å²) >= 11 is 0. The van der Waals surface area contributed by atoms with Crippen molar-refractivity contribution in [1.29, 1.82) is 0 Å². The van der Waals surface area contributed by atoms with Gasteiger partial charge in [-0.15, -0.1) is 0 Å². The lowest BCUT2D eigenvalue weighted by Gasteiger charge is -2.08. The van der Waals surface area contributed by atoms with E-state index in [1.807, 2.05) is 6.08 Å². The molecule has 0 saturated carbocycles. The molecule has 2 nitrogen and oxygen atoms in total. The van der Waals surface area contributed by atoms with E-state index in [4.69, 9.17) is 5.73 Å². The van der Waals surface area contributed by atoms with E-state index >= 15 is 0 Å². The van der Waals surface area contributed by atoms with Crippen molar-refractivity contribution in [3.63, 3.8) is 0 Å². The SMILES string of the molecule is [CH2][C@H](N)[C@H](O)/C=C/CCCCCCCCCCCCC. The molecule has 2 atom stereocenters. The summed E-state index contributed by atoms with van der Waals surface area (Å²) in [6.45, 7) is 5.86. The second-order valence-electron chi connectivity index (χ2n) is 5.91. The van der Waals surface area contributed by atoms with E-state index in [1.54, 1.807) is 6.08 Å². The van der Waals surface area contributed by atoms with Gasteiger partial charge in [-0.2, -0.15) is 0 Å². The molecule has 0 aliphatic heterocycles. The molecule has 0 aromatic heterocycles. The number of hydrogen-bond acceptors (Lipinski definition) is 2. The van der Waals surface area contributed by atoms with Crippen LogP contribution in [0.5, 0.6) is 0 Å². The summed E-state index contributed by atoms with van der Waals surface area (Å²) in [7, 11) is 0. The molecule has 0 bridgehead atoms. The van der Waals surface area contributed by atoms with Crippen LogP contribution in [0, 0.1) is 6.92 Å². The number of unbranched alkanes of at least 4 members (excludes halogenated alkanes) is 11. The Hall–Kier alpha value is -0.340. The standard InChI is InChI=1S/C18H36NO/c1-3-4-5-6-7-8-9-10-11-12-13-14-15-16-18(20)17(2)19/h15-18,20H,2-14,19H2,1H3/b16-15+/t17-,18+/m0/s1. The summed E-state index contributed by atoms with van der Waals surface area (Å²) in [4.78, 5) is 0. The van der Waals surface area contributed by atoms with Gasteiger partial charge in [-0.3, -0.25) is 0 Å². The molecule has 0 aromatic carbocycles. The van der Waals surface area contributed by atoms with Gasteiger partial charge < -0.3 is 10.8 Å². The molecular formula is C18H36NO. The largest absolute Gasteiger partial charge is 0.387 e. The third kappa shape index (κ3) is 14.1. The Bertz CT molecular complexity index is 213. The first-order valence-corrected chi connectivity index (χ1v) is 8.62. The van der Waals surface area contributed by atoms with Gasteiger partial charge in [0.15, 0.2) is 0 Å². The molecule has 0 fully saturated rings. The van der Waals surface area contributed by atoms with Crippen molar-refractivity contribution >= 4 is 0 Å². The van der Waals surface area contributed by atoms with E-state index in [0.29, 0.717) is 0 Å². The fraction of sp³-hybridized carbons (Fsp3) is 0.833. The van der Waals surface area contributed by atoms with Crippen LogP contribution in [-0.2, 0) is 0 Å². The van der Waals surface area contributed by atoms with E-state index in [-0.39, 0.29) is 0 Å². The maximum atomic E-state index is 9.43. The highest BCUT2D eigenvalue weighted by molar-refractivity contribution is 4.94. The highest BCUT2D eigenvalue weighted by Crippen LogP contribution is 2.12. The molecule has 0 aromatic rings. The second kappa shape index (κ2) is 15.1. The van der Waals surface area contributed by atoms with Crippen molar-refractivity contribution < 1.29 is 5.11 Å². The second-order valence-corrected chi connectivity index (χ2v) is 5.91. The molecule has 0 heterocycles. The predicted octanol–water partition coefficient (Wildman–Crippen LogP) is 4.77. The predicted molar refractivity (Wildman–Crippen MR) is 89.6 cm³/mol. The maximum absolute atomic E-state index is 9.43. The third-order valence-corrected chi connectivity index (χ3v) is 3.75. The Balaban J connectivity index is 3.13. The van der Waals surface area contributed by atoms with Crippen LogP contribution in [0.2, 0.25) is 0 Å². The minimum absolute atomic E-state index is 0.413. The minimum atomic E-state index is -0.595. The highest BCUT2D eigenvalue weighted by atomic mass is 16.3. The van der Waals surface area contributed by atoms with Gasteiger partial charge in [0.1, 0.15) is 0 Å². The molecule has 2 heteroatoms. The van der Waals surface area contributed by atoms with Gasteiger partial charge in [0.05, 0.1) is 6.10 Å². The van der Waals surface area contributed by atoms with Crippen molar-refractivity contribution in [2.24, 2.45) is 5.73 Å². The van der Waals surface area contributed by atoms with Crippen LogP contribution in [0.4, 0.5) is 0 Å². The number of nitrogens with two attached hydrogens (primary N) is 1. The number of allylic oxidation sites excluding steroid dienone is 1. The Kier molecular flexibility index (Phi) is 14.8. The molecule has 0 aliphatic rings. The van der Waals surface area contributed by atoms with Gasteiger partial charge >= 0.3 is 0 Å². The van der Waals surface area contributed by atoms with Gasteiger partial charge in [-0.25, -0.2) is 0 Å². The normalized spacial score (nSPS) is 14.8. The van der Waals surface area contributed by atoms with E-state index in [1.165, 1.54) is 70.6 Å². The first-order valence-electron chi connectivity index (χ1n) is 8.62. The van der Waals surface area contributed by atoms with Gasteiger partial charge in [-0.05, 0) is 19.8 Å². The summed E-state index contributed by atoms with van der Waals surface area (Å²) in [5.41, 5.74) is 5.47. The summed E-state index contributed by atoms with van der Waals surface area (Å²) in [5.74, 6) is 0. The Morgan fingerprint density at radius 2 is 1.35 bits per heavy atom. The van der Waals surface area contributed by atoms with E-state index in [0.717, 1.165) is 6.42 Å². The Morgan fingerprint density at radius 3 is 1.80 bits per heavy atom. The van der Waals surface area contributed by atoms with Crippen LogP contribution in [0.1, 0.15) is 84.0 Å². The number of rotatable bonds is 14. The van der Waals surface area contributed by atoms with Crippen molar-refractivity contribution in [3.05, 3.63) is 19.1 Å². The zero-order valence-electron chi connectivity index (χ0n) is 13.5. The Labute approximate surface area is 126 Å². The first kappa shape index (κ1) is 19.7. The lowest BCUT2D eigenvalue weighted by Crippen LogP contribution is -2.29. The summed E-state index contributed by atoms with van der Waals surface area (Å²) < 4.78 is 0. The summed E-state index contributed by atoms with van der Waals surface area (Å²) in [6.07, 6.45) is 19.3. The number of aliphatic hydroxyl groups is 1.